The van der Waals surface area contributed by atoms with Gasteiger partial charge in [-0.15, -0.1) is 0 Å². The predicted molar refractivity (Wildman–Crippen MR) is 148 cm³/mol. The van der Waals surface area contributed by atoms with E-state index in [1.807, 2.05) is 0 Å². The summed E-state index contributed by atoms with van der Waals surface area (Å²) < 4.78 is 24.9. The molecule has 0 atom stereocenters. The molecule has 0 aliphatic carbocycles. The van der Waals surface area contributed by atoms with Crippen molar-refractivity contribution in [2.75, 3.05) is 7.11 Å². The highest BCUT2D eigenvalue weighted by Gasteiger charge is 2.21. The molecular formula is C30H21ClFN3O4. The molecule has 1 amide bonds. The monoisotopic (exact) mass is 541 g/mol. The summed E-state index contributed by atoms with van der Waals surface area (Å²) in [6, 6.07) is 24.7. The molecule has 5 aromatic rings. The van der Waals surface area contributed by atoms with Gasteiger partial charge >= 0.3 is 5.97 Å². The van der Waals surface area contributed by atoms with E-state index in [1.54, 1.807) is 78.9 Å². The zero-order chi connectivity index (χ0) is 27.4. The average Bonchev–Trinajstić information content (AvgIpc) is 3.33. The normalized spacial score (nSPS) is 11.1. The zero-order valence-electron chi connectivity index (χ0n) is 20.6. The molecule has 0 bridgehead atoms. The lowest BCUT2D eigenvalue weighted by Gasteiger charge is -2.10. The highest BCUT2D eigenvalue weighted by molar-refractivity contribution is 6.34. The van der Waals surface area contributed by atoms with Crippen LogP contribution < -0.4 is 14.9 Å². The van der Waals surface area contributed by atoms with E-state index in [0.29, 0.717) is 43.9 Å². The number of carbonyl (C=O) groups excluding carboxylic acids is 2. The van der Waals surface area contributed by atoms with Gasteiger partial charge in [0.1, 0.15) is 11.5 Å². The lowest BCUT2D eigenvalue weighted by molar-refractivity contribution is 0.0729. The molecule has 39 heavy (non-hydrogen) atoms. The molecule has 0 spiro atoms. The van der Waals surface area contributed by atoms with Gasteiger partial charge < -0.3 is 14.5 Å². The van der Waals surface area contributed by atoms with Crippen LogP contribution in [0.2, 0.25) is 5.02 Å². The van der Waals surface area contributed by atoms with Crippen molar-refractivity contribution < 1.29 is 23.5 Å². The molecule has 1 heterocycles. The number of methoxy groups -OCH3 is 1. The van der Waals surface area contributed by atoms with Crippen LogP contribution in [0.1, 0.15) is 26.4 Å². The number of hydrogen-bond donors (Lipinski definition) is 2. The van der Waals surface area contributed by atoms with Crippen molar-refractivity contribution in [2.24, 2.45) is 5.10 Å². The van der Waals surface area contributed by atoms with Crippen LogP contribution in [-0.2, 0) is 0 Å². The van der Waals surface area contributed by atoms with Crippen molar-refractivity contribution in [1.29, 1.82) is 0 Å². The van der Waals surface area contributed by atoms with Crippen LogP contribution in [0.4, 0.5) is 4.39 Å². The van der Waals surface area contributed by atoms with Crippen LogP contribution >= 0.6 is 11.6 Å². The minimum absolute atomic E-state index is 0.182. The molecule has 1 aromatic heterocycles. The zero-order valence-corrected chi connectivity index (χ0v) is 21.3. The second-order valence-corrected chi connectivity index (χ2v) is 8.82. The molecule has 0 unspecified atom stereocenters. The van der Waals surface area contributed by atoms with Gasteiger partial charge in [0.25, 0.3) is 5.91 Å². The van der Waals surface area contributed by atoms with Crippen LogP contribution in [0.25, 0.3) is 22.0 Å². The second-order valence-electron chi connectivity index (χ2n) is 8.41. The van der Waals surface area contributed by atoms with E-state index >= 15 is 0 Å². The van der Waals surface area contributed by atoms with E-state index in [1.165, 1.54) is 25.5 Å². The number of ether oxygens (including phenoxy) is 2. The first kappa shape index (κ1) is 25.7. The van der Waals surface area contributed by atoms with Crippen molar-refractivity contribution in [2.45, 2.75) is 0 Å². The fraction of sp³-hybridized carbons (Fsp3) is 0.0333. The second kappa shape index (κ2) is 11.2. The maximum absolute atomic E-state index is 14.1. The van der Waals surface area contributed by atoms with Gasteiger partial charge in [0, 0.05) is 27.1 Å². The molecule has 0 radical (unpaired) electrons. The number of nitrogens with one attached hydrogen (secondary N) is 2. The third kappa shape index (κ3) is 5.51. The van der Waals surface area contributed by atoms with E-state index in [-0.39, 0.29) is 11.4 Å². The van der Waals surface area contributed by atoms with Gasteiger partial charge in [-0.25, -0.2) is 14.6 Å². The molecule has 0 aliphatic rings. The Labute approximate surface area is 227 Å². The largest absolute Gasteiger partial charge is 0.493 e. The van der Waals surface area contributed by atoms with Gasteiger partial charge in [0.2, 0.25) is 0 Å². The van der Waals surface area contributed by atoms with Crippen molar-refractivity contribution in [3.8, 4) is 22.6 Å². The van der Waals surface area contributed by atoms with E-state index in [0.717, 1.165) is 0 Å². The number of nitrogens with zero attached hydrogens (tertiary/aromatic N) is 1. The van der Waals surface area contributed by atoms with Crippen molar-refractivity contribution in [3.05, 3.63) is 119 Å². The van der Waals surface area contributed by atoms with E-state index < -0.39 is 17.7 Å². The number of H-pyrrole nitrogens is 1. The van der Waals surface area contributed by atoms with Gasteiger partial charge in [-0.1, -0.05) is 48.0 Å². The Kier molecular flexibility index (Phi) is 7.38. The summed E-state index contributed by atoms with van der Waals surface area (Å²) >= 11 is 6.41. The van der Waals surface area contributed by atoms with Crippen LogP contribution in [0, 0.1) is 5.82 Å². The van der Waals surface area contributed by atoms with Crippen LogP contribution in [-0.4, -0.2) is 30.2 Å². The average molecular weight is 542 g/mol. The lowest BCUT2D eigenvalue weighted by atomic mass is 10.0. The summed E-state index contributed by atoms with van der Waals surface area (Å²) in [4.78, 5) is 28.6. The number of hydrazone groups is 1. The first-order valence-electron chi connectivity index (χ1n) is 11.8. The fourth-order valence-corrected chi connectivity index (χ4v) is 4.31. The highest BCUT2D eigenvalue weighted by Crippen LogP contribution is 2.37. The number of halogens is 2. The molecule has 194 valence electrons. The minimum atomic E-state index is -0.543. The number of amides is 1. The summed E-state index contributed by atoms with van der Waals surface area (Å²) in [6.07, 6.45) is 1.42. The SMILES string of the molecule is COc1cc(C=NNC(=O)c2[nH]c3ccc(F)cc3c2-c2ccccc2Cl)ccc1OC(=O)c1ccccc1. The van der Waals surface area contributed by atoms with Gasteiger partial charge in [0.15, 0.2) is 11.5 Å². The minimum Gasteiger partial charge on any atom is -0.493 e. The summed E-state index contributed by atoms with van der Waals surface area (Å²) in [5.41, 5.74) is 5.28. The lowest BCUT2D eigenvalue weighted by Crippen LogP contribution is -2.19. The molecule has 0 saturated carbocycles. The standard InChI is InChI=1S/C30H21ClFN3O4/c1-38-26-15-18(11-14-25(26)39-30(37)19-7-3-2-4-8-19)17-33-35-29(36)28-27(21-9-5-6-10-23(21)31)22-16-20(32)12-13-24(22)34-28/h2-17,34H,1H3,(H,35,36). The Balaban J connectivity index is 1.37. The van der Waals surface area contributed by atoms with Gasteiger partial charge in [-0.05, 0) is 60.2 Å². The van der Waals surface area contributed by atoms with E-state index in [2.05, 4.69) is 15.5 Å². The first-order valence-corrected chi connectivity index (χ1v) is 12.2. The Bertz CT molecular complexity index is 1720. The topological polar surface area (TPSA) is 92.8 Å². The molecule has 4 aromatic carbocycles. The molecule has 7 nitrogen and oxygen atoms in total. The molecule has 9 heteroatoms. The number of hydrogen-bond acceptors (Lipinski definition) is 5. The molecule has 0 saturated heterocycles. The summed E-state index contributed by atoms with van der Waals surface area (Å²) in [5.74, 6) is -0.949. The quantitative estimate of drug-likeness (QED) is 0.105. The summed E-state index contributed by atoms with van der Waals surface area (Å²) in [6.45, 7) is 0. The Morgan fingerprint density at radius 1 is 0.949 bits per heavy atom. The van der Waals surface area contributed by atoms with Crippen molar-refractivity contribution in [1.82, 2.24) is 10.4 Å². The fourth-order valence-electron chi connectivity index (χ4n) is 4.08. The number of benzene rings is 4. The van der Waals surface area contributed by atoms with Gasteiger partial charge in [0.05, 0.1) is 18.9 Å². The number of aromatic amines is 1. The predicted octanol–water partition coefficient (Wildman–Crippen LogP) is 6.62. The number of aromatic nitrogens is 1. The summed E-state index contributed by atoms with van der Waals surface area (Å²) in [7, 11) is 1.45. The maximum Gasteiger partial charge on any atom is 0.343 e. The maximum atomic E-state index is 14.1. The number of fused-ring (bicyclic) bond motifs is 1. The Hall–Kier alpha value is -4.95. The molecular weight excluding hydrogens is 521 g/mol. The van der Waals surface area contributed by atoms with E-state index in [9.17, 15) is 14.0 Å². The van der Waals surface area contributed by atoms with Crippen LogP contribution in [0.3, 0.4) is 0 Å². The molecule has 5 rings (SSSR count). The van der Waals surface area contributed by atoms with Crippen molar-refractivity contribution in [3.63, 3.8) is 0 Å². The van der Waals surface area contributed by atoms with Gasteiger partial charge in [-0.3, -0.25) is 4.79 Å². The molecule has 0 aliphatic heterocycles. The Morgan fingerprint density at radius 2 is 1.72 bits per heavy atom. The highest BCUT2D eigenvalue weighted by atomic mass is 35.5. The number of esters is 1. The molecule has 2 N–H and O–H groups in total. The van der Waals surface area contributed by atoms with E-state index in [4.69, 9.17) is 21.1 Å². The molecule has 0 fully saturated rings. The van der Waals surface area contributed by atoms with Gasteiger partial charge in [-0.2, -0.15) is 5.10 Å². The summed E-state index contributed by atoms with van der Waals surface area (Å²) in [5, 5.41) is 4.99. The van der Waals surface area contributed by atoms with Crippen LogP contribution in [0.5, 0.6) is 11.5 Å². The number of carbonyl (C=O) groups is 2. The first-order chi connectivity index (χ1) is 18.9. The third-order valence-corrected chi connectivity index (χ3v) is 6.24. The third-order valence-electron chi connectivity index (χ3n) is 5.91. The van der Waals surface area contributed by atoms with Crippen LogP contribution in [0.15, 0.2) is 96.1 Å². The van der Waals surface area contributed by atoms with Crippen molar-refractivity contribution >= 4 is 40.6 Å². The number of rotatable bonds is 7. The smallest absolute Gasteiger partial charge is 0.343 e. The Morgan fingerprint density at radius 3 is 2.49 bits per heavy atom.